The number of aromatic nitrogens is 2. The summed E-state index contributed by atoms with van der Waals surface area (Å²) in [5, 5.41) is 7.53. The van der Waals surface area contributed by atoms with Crippen molar-refractivity contribution < 1.29 is 0 Å². The quantitative estimate of drug-likeness (QED) is 0.156. The summed E-state index contributed by atoms with van der Waals surface area (Å²) in [5.41, 5.74) is 14.9. The number of rotatable bonds is 7. The van der Waals surface area contributed by atoms with Gasteiger partial charge in [-0.15, -0.1) is 11.3 Å². The van der Waals surface area contributed by atoms with Gasteiger partial charge in [-0.25, -0.2) is 0 Å². The molecule has 13 aromatic rings. The van der Waals surface area contributed by atoms with Crippen LogP contribution in [0.25, 0.3) is 97.4 Å². The summed E-state index contributed by atoms with van der Waals surface area (Å²) in [5.74, 6) is 0. The van der Waals surface area contributed by atoms with E-state index in [4.69, 9.17) is 0 Å². The lowest BCUT2D eigenvalue weighted by Crippen LogP contribution is -2.10. The molecule has 0 saturated heterocycles. The van der Waals surface area contributed by atoms with Gasteiger partial charge >= 0.3 is 0 Å². The van der Waals surface area contributed by atoms with Crippen LogP contribution in [0.3, 0.4) is 0 Å². The predicted molar refractivity (Wildman–Crippen MR) is 274 cm³/mol. The van der Waals surface area contributed by atoms with E-state index in [-0.39, 0.29) is 0 Å². The maximum atomic E-state index is 2.44. The normalized spacial score (nSPS) is 11.8. The molecule has 10 aromatic carbocycles. The van der Waals surface area contributed by atoms with Crippen LogP contribution >= 0.6 is 11.3 Å². The van der Waals surface area contributed by atoms with Crippen molar-refractivity contribution in [3.63, 3.8) is 0 Å². The number of hydrogen-bond acceptors (Lipinski definition) is 2. The second kappa shape index (κ2) is 14.7. The van der Waals surface area contributed by atoms with Gasteiger partial charge in [-0.05, 0) is 114 Å². The van der Waals surface area contributed by atoms with Crippen LogP contribution in [0.2, 0.25) is 0 Å². The van der Waals surface area contributed by atoms with Crippen LogP contribution < -0.4 is 4.90 Å². The first kappa shape index (κ1) is 36.5. The van der Waals surface area contributed by atoms with Gasteiger partial charge in [0.25, 0.3) is 0 Å². The summed E-state index contributed by atoms with van der Waals surface area (Å²) < 4.78 is 7.44. The summed E-state index contributed by atoms with van der Waals surface area (Å²) >= 11 is 1.85. The summed E-state index contributed by atoms with van der Waals surface area (Å²) in [7, 11) is 0. The van der Waals surface area contributed by atoms with E-state index in [1.54, 1.807) is 0 Å². The summed E-state index contributed by atoms with van der Waals surface area (Å²) in [6, 6.07) is 86.7. The Labute approximate surface area is 374 Å². The Bertz CT molecular complexity index is 3860. The van der Waals surface area contributed by atoms with Gasteiger partial charge in [-0.2, -0.15) is 0 Å². The van der Waals surface area contributed by atoms with Gasteiger partial charge in [0.15, 0.2) is 0 Å². The van der Waals surface area contributed by atoms with Crippen molar-refractivity contribution in [2.75, 3.05) is 4.90 Å². The van der Waals surface area contributed by atoms with Crippen molar-refractivity contribution in [2.45, 2.75) is 0 Å². The second-order valence-electron chi connectivity index (χ2n) is 16.5. The molecule has 4 heteroatoms. The molecule has 3 aromatic heterocycles. The lowest BCUT2D eigenvalue weighted by molar-refractivity contribution is 1.18. The topological polar surface area (TPSA) is 13.1 Å². The maximum absolute atomic E-state index is 2.44. The minimum atomic E-state index is 1.08. The van der Waals surface area contributed by atoms with Crippen molar-refractivity contribution in [1.82, 2.24) is 9.13 Å². The smallest absolute Gasteiger partial charge is 0.0619 e. The highest BCUT2D eigenvalue weighted by atomic mass is 32.1. The molecular weight excluding hydrogens is 795 g/mol. The maximum Gasteiger partial charge on any atom is 0.0619 e. The van der Waals surface area contributed by atoms with Gasteiger partial charge in [-0.3, -0.25) is 0 Å². The third-order valence-corrected chi connectivity index (χ3v) is 14.0. The Balaban J connectivity index is 1.09. The van der Waals surface area contributed by atoms with Crippen molar-refractivity contribution in [3.8, 4) is 33.6 Å². The zero-order valence-electron chi connectivity index (χ0n) is 34.8. The van der Waals surface area contributed by atoms with E-state index < -0.39 is 0 Å². The van der Waals surface area contributed by atoms with Crippen molar-refractivity contribution in [1.29, 1.82) is 0 Å². The molecule has 0 N–H and O–H groups in total. The average Bonchev–Trinajstić information content (AvgIpc) is 4.02. The van der Waals surface area contributed by atoms with Gasteiger partial charge < -0.3 is 14.0 Å². The first-order valence-corrected chi connectivity index (χ1v) is 22.7. The average molecular weight is 834 g/mol. The second-order valence-corrected chi connectivity index (χ2v) is 17.6. The molecule has 13 rings (SSSR count). The van der Waals surface area contributed by atoms with Gasteiger partial charge in [0.05, 0.1) is 22.1 Å². The van der Waals surface area contributed by atoms with Crippen LogP contribution in [0.15, 0.2) is 237 Å². The predicted octanol–water partition coefficient (Wildman–Crippen LogP) is 17.1. The molecule has 300 valence electrons. The summed E-state index contributed by atoms with van der Waals surface area (Å²) in [6.07, 6.45) is 0. The van der Waals surface area contributed by atoms with Crippen LogP contribution in [0.4, 0.5) is 17.1 Å². The largest absolute Gasteiger partial charge is 0.310 e. The standard InChI is InChI=1S/C60H39N3S/c1-3-18-43(19-4-1)61(46-33-34-59-54(39-46)52-26-10-14-32-58(52)64-59)47-37-41(40-17-15-22-45(36-40)62-55-29-11-7-23-49(55)50-24-8-12-30-56(50)62)35-42(38-47)48-27-16-28-53-51-25-9-13-31-57(51)63(60(48)53)44-20-5-2-6-21-44/h1-39H. The number of para-hydroxylation sites is 6. The highest BCUT2D eigenvalue weighted by Crippen LogP contribution is 2.45. The highest BCUT2D eigenvalue weighted by molar-refractivity contribution is 7.25. The van der Waals surface area contributed by atoms with E-state index in [0.717, 1.165) is 45.1 Å². The molecule has 0 fully saturated rings. The van der Waals surface area contributed by atoms with Crippen LogP contribution in [0.5, 0.6) is 0 Å². The Hall–Kier alpha value is -8.18. The molecule has 3 nitrogen and oxygen atoms in total. The number of benzene rings is 10. The Kier molecular flexibility index (Phi) is 8.40. The van der Waals surface area contributed by atoms with Gasteiger partial charge in [0.1, 0.15) is 0 Å². The minimum absolute atomic E-state index is 1.08. The lowest BCUT2D eigenvalue weighted by atomic mass is 9.95. The monoisotopic (exact) mass is 833 g/mol. The SMILES string of the molecule is c1ccc(N(c2cc(-c3cccc(-n4c5ccccc5c5ccccc54)c3)cc(-c3cccc4c5ccccc5n(-c5ccccc5)c34)c2)c2ccc3sc4ccccc4c3c2)cc1. The van der Waals surface area contributed by atoms with E-state index in [1.807, 2.05) is 11.3 Å². The van der Waals surface area contributed by atoms with Gasteiger partial charge in [-0.1, -0.05) is 140 Å². The van der Waals surface area contributed by atoms with E-state index in [9.17, 15) is 0 Å². The van der Waals surface area contributed by atoms with Crippen molar-refractivity contribution in [3.05, 3.63) is 237 Å². The fourth-order valence-electron chi connectivity index (χ4n) is 10.1. The van der Waals surface area contributed by atoms with E-state index in [2.05, 4.69) is 251 Å². The molecule has 0 saturated carbocycles. The molecule has 0 spiro atoms. The number of nitrogens with zero attached hydrogens (tertiary/aromatic N) is 3. The van der Waals surface area contributed by atoms with E-state index in [1.165, 1.54) is 69.3 Å². The Morgan fingerprint density at radius 2 is 0.859 bits per heavy atom. The van der Waals surface area contributed by atoms with Crippen LogP contribution in [0.1, 0.15) is 0 Å². The highest BCUT2D eigenvalue weighted by Gasteiger charge is 2.21. The number of thiophene rings is 1. The molecule has 0 bridgehead atoms. The third-order valence-electron chi connectivity index (χ3n) is 12.8. The van der Waals surface area contributed by atoms with E-state index in [0.29, 0.717) is 0 Å². The molecule has 0 aliphatic carbocycles. The van der Waals surface area contributed by atoms with Crippen molar-refractivity contribution >= 4 is 92.2 Å². The summed E-state index contributed by atoms with van der Waals surface area (Å²) in [4.78, 5) is 2.43. The zero-order chi connectivity index (χ0) is 42.1. The molecule has 0 atom stereocenters. The lowest BCUT2D eigenvalue weighted by Gasteiger charge is -2.27. The molecule has 0 radical (unpaired) electrons. The molecule has 0 amide bonds. The molecule has 0 unspecified atom stereocenters. The van der Waals surface area contributed by atoms with Crippen LogP contribution in [0, 0.1) is 0 Å². The summed E-state index contributed by atoms with van der Waals surface area (Å²) in [6.45, 7) is 0. The molecule has 3 heterocycles. The zero-order valence-corrected chi connectivity index (χ0v) is 35.6. The fraction of sp³-hybridized carbons (Fsp3) is 0. The van der Waals surface area contributed by atoms with Gasteiger partial charge in [0, 0.05) is 75.7 Å². The molecular formula is C60H39N3S. The number of anilines is 3. The van der Waals surface area contributed by atoms with Crippen molar-refractivity contribution in [2.24, 2.45) is 0 Å². The van der Waals surface area contributed by atoms with Crippen LogP contribution in [-0.4, -0.2) is 9.13 Å². The molecule has 0 aliphatic rings. The van der Waals surface area contributed by atoms with E-state index >= 15 is 0 Å². The third kappa shape index (κ3) is 5.81. The Morgan fingerprint density at radius 1 is 0.297 bits per heavy atom. The number of hydrogen-bond donors (Lipinski definition) is 0. The fourth-order valence-corrected chi connectivity index (χ4v) is 11.1. The van der Waals surface area contributed by atoms with Crippen LogP contribution in [-0.2, 0) is 0 Å². The van der Waals surface area contributed by atoms with Gasteiger partial charge in [0.2, 0.25) is 0 Å². The minimum Gasteiger partial charge on any atom is -0.310 e. The Morgan fingerprint density at radius 3 is 1.61 bits per heavy atom. The first-order valence-electron chi connectivity index (χ1n) is 21.8. The first-order chi connectivity index (χ1) is 31.7. The molecule has 0 aliphatic heterocycles. The molecule has 64 heavy (non-hydrogen) atoms. The number of fused-ring (bicyclic) bond motifs is 9.